The maximum Gasteiger partial charge on any atom is 0.219 e. The normalized spacial score (nSPS) is 10.8. The molecule has 4 rings (SSSR count). The third kappa shape index (κ3) is 4.55. The zero-order valence-corrected chi connectivity index (χ0v) is 17.3. The number of nitrogens with one attached hydrogen (secondary N) is 1. The van der Waals surface area contributed by atoms with Crippen molar-refractivity contribution < 1.29 is 13.9 Å². The van der Waals surface area contributed by atoms with E-state index in [1.807, 2.05) is 18.2 Å². The molecule has 2 aromatic carbocycles. The van der Waals surface area contributed by atoms with Gasteiger partial charge in [0.05, 0.1) is 31.2 Å². The van der Waals surface area contributed by atoms with Crippen LogP contribution in [0.25, 0.3) is 11.6 Å². The zero-order valence-electron chi connectivity index (χ0n) is 16.5. The zero-order chi connectivity index (χ0) is 21.6. The maximum absolute atomic E-state index is 8.90. The number of ether oxygens (including phenoxy) is 2. The maximum atomic E-state index is 8.90. The Labute approximate surface area is 183 Å². The monoisotopic (exact) mass is 431 g/mol. The molecular weight excluding hydrogens is 414 g/mol. The third-order valence-corrected chi connectivity index (χ3v) is 4.66. The number of benzene rings is 2. The van der Waals surface area contributed by atoms with Crippen LogP contribution >= 0.6 is 12.2 Å². The molecule has 0 saturated carbocycles. The van der Waals surface area contributed by atoms with Gasteiger partial charge in [0.1, 0.15) is 18.1 Å². The summed E-state index contributed by atoms with van der Waals surface area (Å²) in [5.74, 6) is 2.38. The second-order valence-electron chi connectivity index (χ2n) is 6.38. The van der Waals surface area contributed by atoms with Gasteiger partial charge in [-0.15, -0.1) is 5.10 Å². The molecule has 154 valence electrons. The number of hydrogen-bond donors (Lipinski definition) is 1. The summed E-state index contributed by atoms with van der Waals surface area (Å²) in [5, 5.41) is 20.2. The van der Waals surface area contributed by atoms with Crippen LogP contribution < -0.4 is 9.47 Å². The van der Waals surface area contributed by atoms with E-state index in [1.54, 1.807) is 56.0 Å². The molecule has 0 aliphatic heterocycles. The first kappa shape index (κ1) is 20.1. The lowest BCUT2D eigenvalue weighted by molar-refractivity contribution is 0.296. The molecule has 0 bridgehead atoms. The van der Waals surface area contributed by atoms with Crippen molar-refractivity contribution in [2.45, 2.75) is 6.61 Å². The van der Waals surface area contributed by atoms with Gasteiger partial charge in [0.2, 0.25) is 10.6 Å². The minimum absolute atomic E-state index is 0.291. The van der Waals surface area contributed by atoms with E-state index in [1.165, 1.54) is 4.68 Å². The number of nitriles is 1. The first-order chi connectivity index (χ1) is 15.2. The van der Waals surface area contributed by atoms with Gasteiger partial charge in [-0.1, -0.05) is 0 Å². The van der Waals surface area contributed by atoms with Crippen LogP contribution in [0.2, 0.25) is 0 Å². The molecule has 0 saturated heterocycles. The molecule has 31 heavy (non-hydrogen) atoms. The number of furan rings is 1. The number of aromatic nitrogens is 3. The average molecular weight is 431 g/mol. The van der Waals surface area contributed by atoms with Gasteiger partial charge >= 0.3 is 0 Å². The Hall–Kier alpha value is -4.16. The van der Waals surface area contributed by atoms with E-state index >= 15 is 0 Å². The van der Waals surface area contributed by atoms with Gasteiger partial charge in [0.15, 0.2) is 5.76 Å². The predicted octanol–water partition coefficient (Wildman–Crippen LogP) is 4.54. The second-order valence-corrected chi connectivity index (χ2v) is 6.77. The van der Waals surface area contributed by atoms with Crippen molar-refractivity contribution in [1.82, 2.24) is 14.9 Å². The Morgan fingerprint density at radius 2 is 2.10 bits per heavy atom. The predicted molar refractivity (Wildman–Crippen MR) is 117 cm³/mol. The van der Waals surface area contributed by atoms with Crippen LogP contribution in [-0.2, 0) is 6.61 Å². The Balaban J connectivity index is 1.56. The summed E-state index contributed by atoms with van der Waals surface area (Å²) >= 11 is 5.27. The van der Waals surface area contributed by atoms with E-state index in [2.05, 4.69) is 21.4 Å². The van der Waals surface area contributed by atoms with E-state index in [9.17, 15) is 0 Å². The number of methoxy groups -OCH3 is 1. The van der Waals surface area contributed by atoms with Gasteiger partial charge in [-0.25, -0.2) is 5.10 Å². The fourth-order valence-corrected chi connectivity index (χ4v) is 3.05. The van der Waals surface area contributed by atoms with Crippen LogP contribution in [0.5, 0.6) is 11.5 Å². The molecule has 0 aliphatic carbocycles. The number of H-pyrrole nitrogens is 1. The van der Waals surface area contributed by atoms with Crippen molar-refractivity contribution in [3.8, 4) is 29.2 Å². The SMILES string of the molecule is COc1ccc(C=Nn2c(-c3ccco3)n[nH]c2=S)cc1COc1ccc(C#N)cc1. The molecule has 0 unspecified atom stereocenters. The van der Waals surface area contributed by atoms with Gasteiger partial charge in [0.25, 0.3) is 0 Å². The van der Waals surface area contributed by atoms with Crippen molar-refractivity contribution in [1.29, 1.82) is 5.26 Å². The summed E-state index contributed by atoms with van der Waals surface area (Å²) < 4.78 is 18.5. The molecule has 8 nitrogen and oxygen atoms in total. The summed E-state index contributed by atoms with van der Waals surface area (Å²) in [6.07, 6.45) is 3.23. The molecule has 4 aromatic rings. The van der Waals surface area contributed by atoms with Crippen molar-refractivity contribution in [2.75, 3.05) is 7.11 Å². The smallest absolute Gasteiger partial charge is 0.219 e. The van der Waals surface area contributed by atoms with E-state index < -0.39 is 0 Å². The molecule has 0 radical (unpaired) electrons. The summed E-state index contributed by atoms with van der Waals surface area (Å²) in [6.45, 7) is 0.291. The Bertz CT molecular complexity index is 1300. The van der Waals surface area contributed by atoms with Crippen LogP contribution in [0.1, 0.15) is 16.7 Å². The quantitative estimate of drug-likeness (QED) is 0.340. The highest BCUT2D eigenvalue weighted by Gasteiger charge is 2.11. The molecule has 0 fully saturated rings. The lowest BCUT2D eigenvalue weighted by Gasteiger charge is -2.11. The van der Waals surface area contributed by atoms with Crippen LogP contribution in [0, 0.1) is 16.1 Å². The number of nitrogens with zero attached hydrogens (tertiary/aromatic N) is 4. The van der Waals surface area contributed by atoms with Crippen molar-refractivity contribution in [3.63, 3.8) is 0 Å². The summed E-state index contributed by atoms with van der Waals surface area (Å²) in [7, 11) is 1.61. The minimum Gasteiger partial charge on any atom is -0.496 e. The first-order valence-electron chi connectivity index (χ1n) is 9.23. The standard InChI is InChI=1S/C22H17N5O3S/c1-28-19-9-6-16(11-17(19)14-30-18-7-4-15(12-23)5-8-18)13-24-27-21(25-26-22(27)31)20-3-2-10-29-20/h2-11,13H,14H2,1H3,(H,26,31). The Kier molecular flexibility index (Phi) is 5.91. The molecule has 2 aromatic heterocycles. The number of hydrogen-bond acceptors (Lipinski definition) is 7. The lowest BCUT2D eigenvalue weighted by atomic mass is 10.1. The minimum atomic E-state index is 0.291. The fourth-order valence-electron chi connectivity index (χ4n) is 2.87. The van der Waals surface area contributed by atoms with E-state index in [0.717, 1.165) is 11.1 Å². The highest BCUT2D eigenvalue weighted by Crippen LogP contribution is 2.22. The fraction of sp³-hybridized carbons (Fsp3) is 0.0909. The Morgan fingerprint density at radius 1 is 1.26 bits per heavy atom. The molecule has 0 atom stereocenters. The third-order valence-electron chi connectivity index (χ3n) is 4.40. The van der Waals surface area contributed by atoms with Crippen molar-refractivity contribution >= 4 is 18.4 Å². The first-order valence-corrected chi connectivity index (χ1v) is 9.64. The largest absolute Gasteiger partial charge is 0.496 e. The van der Waals surface area contributed by atoms with Crippen LogP contribution in [-0.4, -0.2) is 28.2 Å². The van der Waals surface area contributed by atoms with Gasteiger partial charge in [-0.05, 0) is 72.4 Å². The topological polar surface area (TPSA) is 101 Å². The van der Waals surface area contributed by atoms with Gasteiger partial charge in [-0.2, -0.15) is 15.0 Å². The highest BCUT2D eigenvalue weighted by molar-refractivity contribution is 7.71. The van der Waals surface area contributed by atoms with Crippen LogP contribution in [0.4, 0.5) is 0 Å². The summed E-state index contributed by atoms with van der Waals surface area (Å²) in [4.78, 5) is 0. The molecule has 9 heteroatoms. The summed E-state index contributed by atoms with van der Waals surface area (Å²) in [5.41, 5.74) is 2.25. The molecule has 2 heterocycles. The Morgan fingerprint density at radius 3 is 2.81 bits per heavy atom. The number of rotatable bonds is 7. The number of aromatic amines is 1. The summed E-state index contributed by atoms with van der Waals surface area (Å²) in [6, 6.07) is 18.2. The highest BCUT2D eigenvalue weighted by atomic mass is 32.1. The van der Waals surface area contributed by atoms with E-state index in [-0.39, 0.29) is 0 Å². The molecular formula is C22H17N5O3S. The van der Waals surface area contributed by atoms with Gasteiger partial charge < -0.3 is 13.9 Å². The van der Waals surface area contributed by atoms with Crippen molar-refractivity contribution in [2.24, 2.45) is 5.10 Å². The van der Waals surface area contributed by atoms with Gasteiger partial charge in [-0.3, -0.25) is 0 Å². The molecule has 0 spiro atoms. The molecule has 0 amide bonds. The van der Waals surface area contributed by atoms with Crippen LogP contribution in [0.15, 0.2) is 70.4 Å². The van der Waals surface area contributed by atoms with Crippen molar-refractivity contribution in [3.05, 3.63) is 82.3 Å². The van der Waals surface area contributed by atoms with Gasteiger partial charge in [0, 0.05) is 5.56 Å². The molecule has 0 aliphatic rings. The van der Waals surface area contributed by atoms with E-state index in [0.29, 0.717) is 40.0 Å². The molecule has 1 N–H and O–H groups in total. The van der Waals surface area contributed by atoms with Crippen LogP contribution in [0.3, 0.4) is 0 Å². The second kappa shape index (κ2) is 9.11. The average Bonchev–Trinajstić information content (AvgIpc) is 3.46. The lowest BCUT2D eigenvalue weighted by Crippen LogP contribution is -2.01. The van der Waals surface area contributed by atoms with E-state index in [4.69, 9.17) is 31.4 Å².